The zero-order valence-electron chi connectivity index (χ0n) is 23.4. The lowest BCUT2D eigenvalue weighted by Crippen LogP contribution is -2.40. The van der Waals surface area contributed by atoms with Crippen LogP contribution in [0.4, 0.5) is 16.2 Å². The van der Waals surface area contributed by atoms with E-state index in [-0.39, 0.29) is 29.5 Å². The highest BCUT2D eigenvalue weighted by molar-refractivity contribution is 6.39. The van der Waals surface area contributed by atoms with Gasteiger partial charge in [0, 0.05) is 31.2 Å². The fraction of sp³-hybridized carbons (Fsp3) is 0.467. The third-order valence-electron chi connectivity index (χ3n) is 6.63. The lowest BCUT2D eigenvalue weighted by Gasteiger charge is -2.32. The molecule has 7 nitrogen and oxygen atoms in total. The number of benzene rings is 2. The van der Waals surface area contributed by atoms with Crippen LogP contribution in [0.15, 0.2) is 54.9 Å². The van der Waals surface area contributed by atoms with Crippen molar-refractivity contribution < 1.29 is 14.3 Å². The first-order chi connectivity index (χ1) is 18.3. The van der Waals surface area contributed by atoms with Gasteiger partial charge in [-0.25, -0.2) is 4.79 Å². The van der Waals surface area contributed by atoms with E-state index in [0.29, 0.717) is 47.0 Å². The summed E-state index contributed by atoms with van der Waals surface area (Å²) in [5, 5.41) is 9.91. The Kier molecular flexibility index (Phi) is 10.6. The predicted molar refractivity (Wildman–Crippen MR) is 160 cm³/mol. The number of carbonyl (C=O) groups is 2. The molecule has 3 rings (SSSR count). The summed E-state index contributed by atoms with van der Waals surface area (Å²) in [7, 11) is 0. The predicted octanol–water partition coefficient (Wildman–Crippen LogP) is 7.63. The van der Waals surface area contributed by atoms with Crippen LogP contribution in [0.1, 0.15) is 65.4 Å². The molecule has 1 fully saturated rings. The second-order valence-electron chi connectivity index (χ2n) is 11.3. The summed E-state index contributed by atoms with van der Waals surface area (Å²) in [6.07, 6.45) is 1.99. The maximum atomic E-state index is 12.8. The number of nitrogens with zero attached hydrogens (tertiary/aromatic N) is 1. The summed E-state index contributed by atoms with van der Waals surface area (Å²) < 4.78 is 5.77. The Labute approximate surface area is 242 Å². The molecule has 2 aromatic carbocycles. The number of urea groups is 1. The summed E-state index contributed by atoms with van der Waals surface area (Å²) in [5.41, 5.74) is 2.02. The van der Waals surface area contributed by atoms with Gasteiger partial charge in [-0.1, -0.05) is 55.2 Å². The molecule has 1 aliphatic rings. The molecular formula is C30H40Cl2N4O3. The number of carbonyl (C=O) groups excluding carboxylic acids is 2. The Bertz CT molecular complexity index is 1130. The van der Waals surface area contributed by atoms with Crippen molar-refractivity contribution in [3.8, 4) is 0 Å². The molecule has 0 saturated carbocycles. The molecular weight excluding hydrogens is 535 g/mol. The fourth-order valence-electron chi connectivity index (χ4n) is 4.53. The van der Waals surface area contributed by atoms with Gasteiger partial charge in [0.25, 0.3) is 0 Å². The van der Waals surface area contributed by atoms with Crippen molar-refractivity contribution in [2.75, 3.05) is 23.7 Å². The number of hydrogen-bond acceptors (Lipinski definition) is 4. The standard InChI is InChI=1S/C30H40Cl2N4O3/c1-19(2)26(33-20(3)39-30(4,5)6)18-27(37)34-23-12-10-21(11-13-23)22-14-16-36(17-15-22)29(38)35-28-24(31)8-7-9-25(28)32/h7-13,19,22,26,33H,3,14-18H2,1-2,4-6H3,(H,34,37)(H,35,38). The van der Waals surface area contributed by atoms with Gasteiger partial charge in [0.2, 0.25) is 5.91 Å². The van der Waals surface area contributed by atoms with E-state index in [2.05, 4.69) is 48.5 Å². The molecule has 0 spiro atoms. The van der Waals surface area contributed by atoms with Crippen LogP contribution in [0.25, 0.3) is 0 Å². The molecule has 1 aliphatic heterocycles. The number of piperidine rings is 1. The SMILES string of the molecule is C=C(NC(CC(=O)Nc1ccc(C2CCN(C(=O)Nc3c(Cl)cccc3Cl)CC2)cc1)C(C)C)OC(C)(C)C. The van der Waals surface area contributed by atoms with E-state index in [1.807, 2.05) is 32.9 Å². The minimum Gasteiger partial charge on any atom is -0.474 e. The van der Waals surface area contributed by atoms with Gasteiger partial charge < -0.3 is 25.6 Å². The van der Waals surface area contributed by atoms with Gasteiger partial charge in [0.1, 0.15) is 5.60 Å². The molecule has 3 N–H and O–H groups in total. The average molecular weight is 576 g/mol. The van der Waals surface area contributed by atoms with Crippen molar-refractivity contribution in [2.45, 2.75) is 71.4 Å². The number of para-hydroxylation sites is 1. The normalized spacial score (nSPS) is 15.0. The summed E-state index contributed by atoms with van der Waals surface area (Å²) in [5.74, 6) is 0.948. The van der Waals surface area contributed by atoms with Crippen LogP contribution in [-0.2, 0) is 9.53 Å². The summed E-state index contributed by atoms with van der Waals surface area (Å²) in [6.45, 7) is 15.2. The molecule has 0 aromatic heterocycles. The largest absolute Gasteiger partial charge is 0.474 e. The molecule has 1 unspecified atom stereocenters. The minimum atomic E-state index is -0.358. The smallest absolute Gasteiger partial charge is 0.321 e. The summed E-state index contributed by atoms with van der Waals surface area (Å²) >= 11 is 12.4. The Morgan fingerprint density at radius 3 is 2.15 bits per heavy atom. The van der Waals surface area contributed by atoms with E-state index in [1.165, 1.54) is 5.56 Å². The Hall–Kier alpha value is -2.90. The van der Waals surface area contributed by atoms with Gasteiger partial charge >= 0.3 is 6.03 Å². The number of rotatable bonds is 9. The Morgan fingerprint density at radius 1 is 1.03 bits per heavy atom. The maximum Gasteiger partial charge on any atom is 0.321 e. The average Bonchev–Trinajstić information content (AvgIpc) is 2.85. The van der Waals surface area contributed by atoms with Gasteiger partial charge in [0.05, 0.1) is 15.7 Å². The fourth-order valence-corrected chi connectivity index (χ4v) is 5.02. The number of ether oxygens (including phenoxy) is 1. The van der Waals surface area contributed by atoms with Crippen molar-refractivity contribution in [1.29, 1.82) is 0 Å². The third-order valence-corrected chi connectivity index (χ3v) is 7.26. The van der Waals surface area contributed by atoms with Gasteiger partial charge in [-0.05, 0) is 81.9 Å². The van der Waals surface area contributed by atoms with Crippen molar-refractivity contribution >= 4 is 46.5 Å². The number of halogens is 2. The first kappa shape index (κ1) is 30.6. The third kappa shape index (κ3) is 9.36. The number of nitrogens with one attached hydrogen (secondary N) is 3. The lowest BCUT2D eigenvalue weighted by molar-refractivity contribution is -0.117. The Balaban J connectivity index is 1.49. The van der Waals surface area contributed by atoms with Crippen LogP contribution in [0, 0.1) is 5.92 Å². The van der Waals surface area contributed by atoms with Crippen molar-refractivity contribution in [1.82, 2.24) is 10.2 Å². The van der Waals surface area contributed by atoms with Gasteiger partial charge in [-0.15, -0.1) is 0 Å². The van der Waals surface area contributed by atoms with Gasteiger partial charge in [-0.3, -0.25) is 4.79 Å². The molecule has 2 aromatic rings. The number of amides is 3. The monoisotopic (exact) mass is 574 g/mol. The molecule has 0 aliphatic carbocycles. The molecule has 0 radical (unpaired) electrons. The van der Waals surface area contributed by atoms with E-state index >= 15 is 0 Å². The topological polar surface area (TPSA) is 82.7 Å². The molecule has 39 heavy (non-hydrogen) atoms. The second kappa shape index (κ2) is 13.4. The van der Waals surface area contributed by atoms with E-state index in [4.69, 9.17) is 27.9 Å². The molecule has 212 valence electrons. The van der Waals surface area contributed by atoms with Crippen LogP contribution >= 0.6 is 23.2 Å². The van der Waals surface area contributed by atoms with Crippen molar-refractivity contribution in [3.05, 3.63) is 70.5 Å². The number of likely N-dealkylation sites (tertiary alicyclic amines) is 1. The first-order valence-electron chi connectivity index (χ1n) is 13.4. The maximum absolute atomic E-state index is 12.8. The molecule has 3 amide bonds. The molecule has 1 heterocycles. The van der Waals surface area contributed by atoms with Gasteiger partial charge in [-0.2, -0.15) is 0 Å². The van der Waals surface area contributed by atoms with E-state index in [9.17, 15) is 9.59 Å². The highest BCUT2D eigenvalue weighted by Crippen LogP contribution is 2.32. The van der Waals surface area contributed by atoms with Crippen LogP contribution in [0.3, 0.4) is 0 Å². The first-order valence-corrected chi connectivity index (χ1v) is 14.1. The van der Waals surface area contributed by atoms with Crippen molar-refractivity contribution in [2.24, 2.45) is 5.92 Å². The van der Waals surface area contributed by atoms with Crippen LogP contribution < -0.4 is 16.0 Å². The molecule has 0 bridgehead atoms. The zero-order valence-corrected chi connectivity index (χ0v) is 25.0. The van der Waals surface area contributed by atoms with E-state index in [0.717, 1.165) is 18.5 Å². The highest BCUT2D eigenvalue weighted by atomic mass is 35.5. The van der Waals surface area contributed by atoms with Crippen molar-refractivity contribution in [3.63, 3.8) is 0 Å². The van der Waals surface area contributed by atoms with E-state index < -0.39 is 0 Å². The quantitative estimate of drug-likeness (QED) is 0.269. The number of anilines is 2. The number of hydrogen-bond donors (Lipinski definition) is 3. The Morgan fingerprint density at radius 2 is 1.62 bits per heavy atom. The lowest BCUT2D eigenvalue weighted by atomic mass is 9.89. The second-order valence-corrected chi connectivity index (χ2v) is 12.1. The van der Waals surface area contributed by atoms with Gasteiger partial charge in [0.15, 0.2) is 5.88 Å². The highest BCUT2D eigenvalue weighted by Gasteiger charge is 2.25. The van der Waals surface area contributed by atoms with Crippen LogP contribution in [0.2, 0.25) is 10.0 Å². The minimum absolute atomic E-state index is 0.0737. The summed E-state index contributed by atoms with van der Waals surface area (Å²) in [4.78, 5) is 27.3. The van der Waals surface area contributed by atoms with E-state index in [1.54, 1.807) is 23.1 Å². The van der Waals surface area contributed by atoms with Crippen LogP contribution in [0.5, 0.6) is 0 Å². The zero-order chi connectivity index (χ0) is 28.7. The van der Waals surface area contributed by atoms with Crippen LogP contribution in [-0.4, -0.2) is 41.6 Å². The molecule has 9 heteroatoms. The summed E-state index contributed by atoms with van der Waals surface area (Å²) in [6, 6.07) is 12.8. The molecule has 1 atom stereocenters. The molecule has 1 saturated heterocycles.